The van der Waals surface area contributed by atoms with E-state index in [-0.39, 0.29) is 25.2 Å². The fourth-order valence-electron chi connectivity index (χ4n) is 4.31. The van der Waals surface area contributed by atoms with Gasteiger partial charge < -0.3 is 24.6 Å². The summed E-state index contributed by atoms with van der Waals surface area (Å²) < 4.78 is 16.1. The van der Waals surface area contributed by atoms with Gasteiger partial charge in [-0.25, -0.2) is 9.80 Å². The molecule has 4 rings (SSSR count). The van der Waals surface area contributed by atoms with Crippen molar-refractivity contribution in [2.24, 2.45) is 5.41 Å². The van der Waals surface area contributed by atoms with Crippen LogP contribution < -0.4 is 14.8 Å². The molecule has 11 nitrogen and oxygen atoms in total. The lowest BCUT2D eigenvalue weighted by Gasteiger charge is -2.36. The number of nitrogens with zero attached hydrogens (tertiary/aromatic N) is 2. The second kappa shape index (κ2) is 10.6. The highest BCUT2D eigenvalue weighted by atomic mass is 32.2. The molecule has 0 aromatic heterocycles. The van der Waals surface area contributed by atoms with Crippen LogP contribution in [-0.2, 0) is 30.3 Å². The smallest absolute Gasteiger partial charge is 0.328 e. The molecule has 3 heterocycles. The van der Waals surface area contributed by atoms with Crippen LogP contribution in [0.2, 0.25) is 0 Å². The summed E-state index contributed by atoms with van der Waals surface area (Å²) in [6.07, 6.45) is 1.33. The molecule has 2 N–H and O–H groups in total. The van der Waals surface area contributed by atoms with E-state index in [1.54, 1.807) is 37.9 Å². The monoisotopic (exact) mass is 521 g/mol. The van der Waals surface area contributed by atoms with Crippen molar-refractivity contribution in [3.05, 3.63) is 23.8 Å². The standard InChI is InChI=1S/C24H31N3O8S/c1-24(2,3)23(32)35-13-36-19(10-14-6-7-17-18(9-14)34-12-33-17)20(28)25-15-11-26-8-4-5-16(22(30)31)27(26)21(15)29/h6-7,9,15-16,19H,4-5,8,10-13H2,1-3H3,(H,25,28)(H,30,31)/t15?,16-,19+/m0/s1. The lowest BCUT2D eigenvalue weighted by Crippen LogP contribution is -2.54. The van der Waals surface area contributed by atoms with Gasteiger partial charge in [-0.15, -0.1) is 11.8 Å². The number of hydrogen-bond acceptors (Lipinski definition) is 9. The summed E-state index contributed by atoms with van der Waals surface area (Å²) in [6.45, 7) is 6.15. The normalized spacial score (nSPS) is 22.2. The topological polar surface area (TPSA) is 135 Å². The average Bonchev–Trinajstić information content (AvgIpc) is 3.41. The summed E-state index contributed by atoms with van der Waals surface area (Å²) in [5.74, 6) is -1.08. The maximum Gasteiger partial charge on any atom is 0.328 e. The van der Waals surface area contributed by atoms with E-state index < -0.39 is 40.5 Å². The fraction of sp³-hybridized carbons (Fsp3) is 0.583. The number of aliphatic carboxylic acids is 1. The van der Waals surface area contributed by atoms with E-state index in [0.29, 0.717) is 37.3 Å². The SMILES string of the molecule is CC(C)(C)C(=O)OCS[C@H](Cc1ccc2c(c1)OCO2)C(=O)NC1CN2CCC[C@@H](C(=O)O)N2C1=O. The van der Waals surface area contributed by atoms with Crippen LogP contribution in [0, 0.1) is 5.41 Å². The first-order valence-corrected chi connectivity index (χ1v) is 12.9. The molecule has 2 amide bonds. The average molecular weight is 522 g/mol. The van der Waals surface area contributed by atoms with Crippen LogP contribution in [0.15, 0.2) is 18.2 Å². The number of amides is 2. The molecule has 3 atom stereocenters. The van der Waals surface area contributed by atoms with Crippen molar-refractivity contribution in [1.82, 2.24) is 15.3 Å². The number of hydrogen-bond donors (Lipinski definition) is 2. The number of carbonyl (C=O) groups excluding carboxylic acids is 3. The van der Waals surface area contributed by atoms with Crippen molar-refractivity contribution in [3.8, 4) is 11.5 Å². The predicted molar refractivity (Wildman–Crippen MR) is 129 cm³/mol. The molecule has 0 radical (unpaired) electrons. The van der Waals surface area contributed by atoms with Gasteiger partial charge in [-0.3, -0.25) is 19.4 Å². The molecule has 2 saturated heterocycles. The first kappa shape index (κ1) is 26.1. The van der Waals surface area contributed by atoms with Gasteiger partial charge >= 0.3 is 11.9 Å². The van der Waals surface area contributed by atoms with Gasteiger partial charge in [0.1, 0.15) is 18.0 Å². The maximum absolute atomic E-state index is 13.3. The molecule has 36 heavy (non-hydrogen) atoms. The number of fused-ring (bicyclic) bond motifs is 2. The highest BCUT2D eigenvalue weighted by molar-refractivity contribution is 8.00. The quantitative estimate of drug-likeness (QED) is 0.382. The highest BCUT2D eigenvalue weighted by Gasteiger charge is 2.47. The van der Waals surface area contributed by atoms with Crippen molar-refractivity contribution in [2.45, 2.75) is 57.4 Å². The molecule has 1 aromatic rings. The van der Waals surface area contributed by atoms with E-state index in [9.17, 15) is 24.3 Å². The van der Waals surface area contributed by atoms with Crippen LogP contribution in [0.5, 0.6) is 11.5 Å². The Kier molecular flexibility index (Phi) is 7.65. The summed E-state index contributed by atoms with van der Waals surface area (Å²) in [4.78, 5) is 50.2. The van der Waals surface area contributed by atoms with Gasteiger partial charge in [0.25, 0.3) is 5.91 Å². The van der Waals surface area contributed by atoms with E-state index in [0.717, 1.165) is 17.3 Å². The third-order valence-electron chi connectivity index (χ3n) is 6.23. The number of carboxylic acid groups (broad SMARTS) is 1. The van der Waals surface area contributed by atoms with Gasteiger partial charge in [0, 0.05) is 13.1 Å². The van der Waals surface area contributed by atoms with Crippen LogP contribution in [-0.4, -0.2) is 82.0 Å². The van der Waals surface area contributed by atoms with Gasteiger partial charge in [0.15, 0.2) is 11.5 Å². The number of ether oxygens (including phenoxy) is 3. The number of carbonyl (C=O) groups is 4. The highest BCUT2D eigenvalue weighted by Crippen LogP contribution is 2.34. The molecule has 0 saturated carbocycles. The van der Waals surface area contributed by atoms with Gasteiger partial charge in [0.2, 0.25) is 12.7 Å². The zero-order valence-corrected chi connectivity index (χ0v) is 21.3. The van der Waals surface area contributed by atoms with Crippen molar-refractivity contribution in [1.29, 1.82) is 0 Å². The molecule has 3 aliphatic heterocycles. The van der Waals surface area contributed by atoms with Gasteiger partial charge in [0.05, 0.1) is 10.7 Å². The van der Waals surface area contributed by atoms with Gasteiger partial charge in [-0.1, -0.05) is 6.07 Å². The number of esters is 1. The zero-order chi connectivity index (χ0) is 26.0. The largest absolute Gasteiger partial charge is 0.480 e. The van der Waals surface area contributed by atoms with E-state index >= 15 is 0 Å². The van der Waals surface area contributed by atoms with Gasteiger partial charge in [-0.2, -0.15) is 0 Å². The van der Waals surface area contributed by atoms with Crippen LogP contribution in [0.25, 0.3) is 0 Å². The Labute approximate surface area is 213 Å². The molecular formula is C24H31N3O8S. The third kappa shape index (κ3) is 5.70. The molecule has 2 fully saturated rings. The summed E-state index contributed by atoms with van der Waals surface area (Å²) >= 11 is 1.16. The van der Waals surface area contributed by atoms with Crippen molar-refractivity contribution < 1.29 is 38.5 Å². The number of thioether (sulfide) groups is 1. The molecule has 3 aliphatic rings. The lowest BCUT2D eigenvalue weighted by atomic mass is 9.98. The third-order valence-corrected chi connectivity index (χ3v) is 7.27. The van der Waals surface area contributed by atoms with Crippen molar-refractivity contribution in [3.63, 3.8) is 0 Å². The molecule has 0 spiro atoms. The Morgan fingerprint density at radius 3 is 2.72 bits per heavy atom. The Bertz CT molecular complexity index is 1040. The molecule has 1 aromatic carbocycles. The Hall–Kier alpha value is -2.99. The summed E-state index contributed by atoms with van der Waals surface area (Å²) in [7, 11) is 0. The first-order valence-electron chi connectivity index (χ1n) is 11.8. The minimum atomic E-state index is -1.06. The fourth-order valence-corrected chi connectivity index (χ4v) is 5.18. The summed E-state index contributed by atoms with van der Waals surface area (Å²) in [5.41, 5.74) is 0.144. The predicted octanol–water partition coefficient (Wildman–Crippen LogP) is 1.40. The second-order valence-electron chi connectivity index (χ2n) is 10.00. The minimum absolute atomic E-state index is 0.0311. The zero-order valence-electron chi connectivity index (χ0n) is 20.5. The molecule has 196 valence electrons. The number of hydrazine groups is 1. The Morgan fingerprint density at radius 1 is 1.25 bits per heavy atom. The number of nitrogens with one attached hydrogen (secondary N) is 1. The first-order chi connectivity index (χ1) is 17.0. The van der Waals surface area contributed by atoms with Crippen LogP contribution >= 0.6 is 11.8 Å². The molecule has 0 aliphatic carbocycles. The number of rotatable bonds is 8. The number of benzene rings is 1. The minimum Gasteiger partial charge on any atom is -0.480 e. The number of carboxylic acids is 1. The van der Waals surface area contributed by atoms with Crippen LogP contribution in [0.3, 0.4) is 0 Å². The van der Waals surface area contributed by atoms with E-state index in [2.05, 4.69) is 5.32 Å². The second-order valence-corrected chi connectivity index (χ2v) is 11.1. The van der Waals surface area contributed by atoms with Crippen LogP contribution in [0.4, 0.5) is 0 Å². The lowest BCUT2D eigenvalue weighted by molar-refractivity contribution is -0.165. The molecule has 0 bridgehead atoms. The maximum atomic E-state index is 13.3. The summed E-state index contributed by atoms with van der Waals surface area (Å²) in [5, 5.41) is 14.6. The molecule has 1 unspecified atom stereocenters. The molecular weight excluding hydrogens is 490 g/mol. The van der Waals surface area contributed by atoms with E-state index in [1.807, 2.05) is 6.07 Å². The van der Waals surface area contributed by atoms with E-state index in [4.69, 9.17) is 14.2 Å². The summed E-state index contributed by atoms with van der Waals surface area (Å²) in [6, 6.07) is 3.63. The van der Waals surface area contributed by atoms with Crippen LogP contribution in [0.1, 0.15) is 39.2 Å². The van der Waals surface area contributed by atoms with E-state index in [1.165, 1.54) is 5.01 Å². The van der Waals surface area contributed by atoms with Gasteiger partial charge in [-0.05, 0) is 57.7 Å². The van der Waals surface area contributed by atoms with Crippen molar-refractivity contribution >= 4 is 35.5 Å². The Balaban J connectivity index is 1.45. The molecule has 12 heteroatoms. The van der Waals surface area contributed by atoms with Crippen molar-refractivity contribution in [2.75, 3.05) is 25.8 Å². The Morgan fingerprint density at radius 2 is 2.00 bits per heavy atom.